The lowest BCUT2D eigenvalue weighted by atomic mass is 10.1. The van der Waals surface area contributed by atoms with Crippen molar-refractivity contribution in [3.8, 4) is 17.2 Å². The number of hydrogen-bond acceptors (Lipinski definition) is 4. The van der Waals surface area contributed by atoms with Gasteiger partial charge in [0.2, 0.25) is 12.5 Å². The van der Waals surface area contributed by atoms with Gasteiger partial charge in [-0.05, 0) is 32.0 Å². The van der Waals surface area contributed by atoms with Gasteiger partial charge in [0.15, 0.2) is 11.5 Å². The average molecular weight is 209 g/mol. The summed E-state index contributed by atoms with van der Waals surface area (Å²) < 4.78 is 10.4. The van der Waals surface area contributed by atoms with E-state index in [9.17, 15) is 5.11 Å². The fourth-order valence-corrected chi connectivity index (χ4v) is 1.60. The molecule has 1 aliphatic rings. The first-order valence-corrected chi connectivity index (χ1v) is 5.00. The van der Waals surface area contributed by atoms with Gasteiger partial charge in [-0.1, -0.05) is 6.07 Å². The van der Waals surface area contributed by atoms with Gasteiger partial charge >= 0.3 is 0 Å². The molecule has 0 amide bonds. The summed E-state index contributed by atoms with van der Waals surface area (Å²) >= 11 is 0. The summed E-state index contributed by atoms with van der Waals surface area (Å²) in [5.41, 5.74) is 0.876. The maximum atomic E-state index is 9.92. The minimum Gasteiger partial charge on any atom is -0.504 e. The number of nitrogens with one attached hydrogen (secondary N) is 1. The molecule has 0 radical (unpaired) electrons. The second kappa shape index (κ2) is 3.98. The number of phenols is 1. The molecule has 1 aromatic rings. The van der Waals surface area contributed by atoms with Crippen LogP contribution < -0.4 is 14.8 Å². The molecular weight excluding hydrogens is 194 g/mol. The highest BCUT2D eigenvalue weighted by Gasteiger charge is 2.20. The molecule has 2 rings (SSSR count). The summed E-state index contributed by atoms with van der Waals surface area (Å²) in [6.45, 7) is 2.25. The average Bonchev–Trinajstić information content (AvgIpc) is 2.70. The third kappa shape index (κ3) is 1.85. The molecule has 1 heterocycles. The standard InChI is InChI=1S/C11H15NO3/c1-7(12-2)5-8-3-4-9-11(10(8)13)15-6-14-9/h3-4,7,12-13H,5-6H2,1-2H3/t7-/m0/s1. The highest BCUT2D eigenvalue weighted by atomic mass is 16.7. The van der Waals surface area contributed by atoms with E-state index in [4.69, 9.17) is 9.47 Å². The van der Waals surface area contributed by atoms with Crippen LogP contribution in [0.2, 0.25) is 0 Å². The zero-order valence-corrected chi connectivity index (χ0v) is 8.91. The molecule has 1 aromatic carbocycles. The molecule has 0 spiro atoms. The molecule has 2 N–H and O–H groups in total. The van der Waals surface area contributed by atoms with Gasteiger partial charge < -0.3 is 19.9 Å². The van der Waals surface area contributed by atoms with Crippen LogP contribution in [0.3, 0.4) is 0 Å². The van der Waals surface area contributed by atoms with E-state index >= 15 is 0 Å². The summed E-state index contributed by atoms with van der Waals surface area (Å²) in [7, 11) is 1.90. The third-order valence-electron chi connectivity index (χ3n) is 2.62. The lowest BCUT2D eigenvalue weighted by molar-refractivity contribution is 0.171. The van der Waals surface area contributed by atoms with Crippen molar-refractivity contribution in [3.63, 3.8) is 0 Å². The molecule has 0 saturated heterocycles. The Labute approximate surface area is 88.8 Å². The maximum absolute atomic E-state index is 9.92. The minimum absolute atomic E-state index is 0.188. The second-order valence-electron chi connectivity index (χ2n) is 3.70. The highest BCUT2D eigenvalue weighted by molar-refractivity contribution is 5.56. The highest BCUT2D eigenvalue weighted by Crippen LogP contribution is 2.42. The van der Waals surface area contributed by atoms with Gasteiger partial charge in [-0.3, -0.25) is 0 Å². The first-order chi connectivity index (χ1) is 7.22. The first-order valence-electron chi connectivity index (χ1n) is 5.00. The second-order valence-corrected chi connectivity index (χ2v) is 3.70. The van der Waals surface area contributed by atoms with E-state index in [0.717, 1.165) is 12.0 Å². The van der Waals surface area contributed by atoms with Crippen molar-refractivity contribution in [2.75, 3.05) is 13.8 Å². The van der Waals surface area contributed by atoms with Crippen LogP contribution in [0, 0.1) is 0 Å². The molecule has 0 bridgehead atoms. The summed E-state index contributed by atoms with van der Waals surface area (Å²) in [6, 6.07) is 4.02. The molecule has 0 aliphatic carbocycles. The van der Waals surface area contributed by atoms with Crippen LogP contribution in [-0.2, 0) is 6.42 Å². The zero-order chi connectivity index (χ0) is 10.8. The molecule has 0 fully saturated rings. The van der Waals surface area contributed by atoms with Crippen LogP contribution in [0.4, 0.5) is 0 Å². The minimum atomic E-state index is 0.188. The first kappa shape index (κ1) is 10.1. The predicted octanol–water partition coefficient (Wildman–Crippen LogP) is 1.27. The van der Waals surface area contributed by atoms with Crippen molar-refractivity contribution < 1.29 is 14.6 Å². The molecule has 1 aliphatic heterocycles. The van der Waals surface area contributed by atoms with Crippen molar-refractivity contribution in [1.82, 2.24) is 5.32 Å². The van der Waals surface area contributed by atoms with Crippen LogP contribution in [0.15, 0.2) is 12.1 Å². The number of ether oxygens (including phenoxy) is 2. The lowest BCUT2D eigenvalue weighted by Gasteiger charge is -2.12. The van der Waals surface area contributed by atoms with Gasteiger partial charge in [-0.25, -0.2) is 0 Å². The van der Waals surface area contributed by atoms with Crippen LogP contribution in [0.5, 0.6) is 17.2 Å². The Balaban J connectivity index is 2.26. The van der Waals surface area contributed by atoms with Gasteiger partial charge in [-0.15, -0.1) is 0 Å². The zero-order valence-electron chi connectivity index (χ0n) is 8.91. The Morgan fingerprint density at radius 1 is 1.47 bits per heavy atom. The lowest BCUT2D eigenvalue weighted by Crippen LogP contribution is -2.23. The fourth-order valence-electron chi connectivity index (χ4n) is 1.60. The Kier molecular flexibility index (Phi) is 2.68. The quantitative estimate of drug-likeness (QED) is 0.787. The van der Waals surface area contributed by atoms with Gasteiger partial charge in [-0.2, -0.15) is 0 Å². The Morgan fingerprint density at radius 2 is 2.27 bits per heavy atom. The normalized spacial score (nSPS) is 15.3. The Hall–Kier alpha value is -1.42. The van der Waals surface area contributed by atoms with Crippen LogP contribution in [0.25, 0.3) is 0 Å². The molecule has 0 saturated carbocycles. The third-order valence-corrected chi connectivity index (χ3v) is 2.62. The van der Waals surface area contributed by atoms with Crippen molar-refractivity contribution in [2.45, 2.75) is 19.4 Å². The summed E-state index contributed by atoms with van der Waals surface area (Å²) in [5.74, 6) is 1.29. The van der Waals surface area contributed by atoms with E-state index in [-0.39, 0.29) is 12.5 Å². The molecule has 4 nitrogen and oxygen atoms in total. The molecule has 1 atom stereocenters. The monoisotopic (exact) mass is 209 g/mol. The SMILES string of the molecule is CN[C@@H](C)Cc1ccc2c(c1O)OCO2. The van der Waals surface area contributed by atoms with E-state index < -0.39 is 0 Å². The van der Waals surface area contributed by atoms with Gasteiger partial charge in [0.25, 0.3) is 0 Å². The van der Waals surface area contributed by atoms with Crippen molar-refractivity contribution in [3.05, 3.63) is 17.7 Å². The Bertz CT molecular complexity index is 365. The van der Waals surface area contributed by atoms with E-state index in [1.165, 1.54) is 0 Å². The number of aromatic hydroxyl groups is 1. The summed E-state index contributed by atoms with van der Waals surface area (Å²) in [5, 5.41) is 13.0. The predicted molar refractivity (Wildman–Crippen MR) is 56.5 cm³/mol. The van der Waals surface area contributed by atoms with E-state index in [0.29, 0.717) is 17.5 Å². The van der Waals surface area contributed by atoms with Crippen molar-refractivity contribution in [2.24, 2.45) is 0 Å². The van der Waals surface area contributed by atoms with Crippen molar-refractivity contribution >= 4 is 0 Å². The topological polar surface area (TPSA) is 50.7 Å². The number of hydrogen-bond donors (Lipinski definition) is 2. The van der Waals surface area contributed by atoms with Crippen LogP contribution in [0.1, 0.15) is 12.5 Å². The van der Waals surface area contributed by atoms with Gasteiger partial charge in [0.1, 0.15) is 0 Å². The molecular formula is C11H15NO3. The largest absolute Gasteiger partial charge is 0.504 e. The maximum Gasteiger partial charge on any atom is 0.231 e. The number of likely N-dealkylation sites (N-methyl/N-ethyl adjacent to an activating group) is 1. The molecule has 0 aromatic heterocycles. The molecule has 0 unspecified atom stereocenters. The summed E-state index contributed by atoms with van der Waals surface area (Å²) in [4.78, 5) is 0. The van der Waals surface area contributed by atoms with E-state index in [1.54, 1.807) is 0 Å². The number of fused-ring (bicyclic) bond motifs is 1. The van der Waals surface area contributed by atoms with Crippen LogP contribution >= 0.6 is 0 Å². The van der Waals surface area contributed by atoms with E-state index in [2.05, 4.69) is 12.2 Å². The Morgan fingerprint density at radius 3 is 3.00 bits per heavy atom. The summed E-state index contributed by atoms with van der Waals surface area (Å²) in [6.07, 6.45) is 0.763. The fraction of sp³-hybridized carbons (Fsp3) is 0.455. The van der Waals surface area contributed by atoms with Gasteiger partial charge in [0.05, 0.1) is 0 Å². The smallest absolute Gasteiger partial charge is 0.231 e. The molecule has 15 heavy (non-hydrogen) atoms. The van der Waals surface area contributed by atoms with Crippen LogP contribution in [-0.4, -0.2) is 25.0 Å². The number of benzene rings is 1. The van der Waals surface area contributed by atoms with E-state index in [1.807, 2.05) is 19.2 Å². The molecule has 82 valence electrons. The van der Waals surface area contributed by atoms with Crippen molar-refractivity contribution in [1.29, 1.82) is 0 Å². The number of phenolic OH excluding ortho intramolecular Hbond substituents is 1. The van der Waals surface area contributed by atoms with Gasteiger partial charge in [0, 0.05) is 6.04 Å². The molecule has 4 heteroatoms. The number of rotatable bonds is 3.